The van der Waals surface area contributed by atoms with E-state index in [9.17, 15) is 0 Å². The number of ether oxygens (including phenoxy) is 1. The average molecular weight is 210 g/mol. The summed E-state index contributed by atoms with van der Waals surface area (Å²) in [5.41, 5.74) is 1.01. The Morgan fingerprint density at radius 3 is 2.60 bits per heavy atom. The minimum Gasteiger partial charge on any atom is -0.373 e. The molecule has 1 aliphatic heterocycles. The van der Waals surface area contributed by atoms with Crippen molar-refractivity contribution in [2.45, 2.75) is 39.5 Å². The van der Waals surface area contributed by atoms with E-state index in [0.717, 1.165) is 31.1 Å². The van der Waals surface area contributed by atoms with Gasteiger partial charge in [0.25, 0.3) is 0 Å². The van der Waals surface area contributed by atoms with Crippen molar-refractivity contribution in [1.29, 1.82) is 0 Å². The van der Waals surface area contributed by atoms with Crippen molar-refractivity contribution in [1.82, 2.24) is 10.1 Å². The summed E-state index contributed by atoms with van der Waals surface area (Å²) in [4.78, 5) is 2.36. The molecule has 0 aromatic carbocycles. The van der Waals surface area contributed by atoms with Crippen LogP contribution in [-0.2, 0) is 11.3 Å². The minimum absolute atomic E-state index is 0.307. The molecule has 1 aromatic heterocycles. The van der Waals surface area contributed by atoms with Gasteiger partial charge in [-0.1, -0.05) is 5.16 Å². The van der Waals surface area contributed by atoms with Gasteiger partial charge in [0.2, 0.25) is 0 Å². The second-order valence-corrected chi connectivity index (χ2v) is 4.38. The summed E-state index contributed by atoms with van der Waals surface area (Å²) in [5, 5.41) is 4.00. The van der Waals surface area contributed by atoms with Gasteiger partial charge in [-0.3, -0.25) is 4.90 Å². The van der Waals surface area contributed by atoms with Crippen molar-refractivity contribution in [2.24, 2.45) is 0 Å². The molecule has 2 heterocycles. The Kier molecular flexibility index (Phi) is 3.07. The van der Waals surface area contributed by atoms with Crippen LogP contribution in [-0.4, -0.2) is 35.4 Å². The van der Waals surface area contributed by atoms with Gasteiger partial charge in [0.1, 0.15) is 5.76 Å². The summed E-state index contributed by atoms with van der Waals surface area (Å²) in [5.74, 6) is 0.874. The fourth-order valence-corrected chi connectivity index (χ4v) is 2.14. The molecule has 2 atom stereocenters. The predicted octanol–water partition coefficient (Wildman–Crippen LogP) is 1.59. The van der Waals surface area contributed by atoms with Crippen molar-refractivity contribution in [3.63, 3.8) is 0 Å². The van der Waals surface area contributed by atoms with Crippen LogP contribution in [0.25, 0.3) is 0 Å². The molecule has 84 valence electrons. The maximum Gasteiger partial charge on any atom is 0.133 e. The summed E-state index contributed by atoms with van der Waals surface area (Å²) in [6.45, 7) is 8.93. The standard InChI is InChI=1S/C11H18N2O2/c1-8-4-11(12-15-8)7-13-5-9(2)14-10(3)6-13/h4,9-10H,5-7H2,1-3H3/t9-,10-/m0/s1. The van der Waals surface area contributed by atoms with E-state index in [0.29, 0.717) is 12.2 Å². The van der Waals surface area contributed by atoms with E-state index in [-0.39, 0.29) is 0 Å². The second kappa shape index (κ2) is 4.33. The average Bonchev–Trinajstić information content (AvgIpc) is 2.49. The largest absolute Gasteiger partial charge is 0.373 e. The molecular formula is C11H18N2O2. The molecule has 1 fully saturated rings. The van der Waals surface area contributed by atoms with Crippen LogP contribution in [0, 0.1) is 6.92 Å². The first-order chi connectivity index (χ1) is 7.13. The molecular weight excluding hydrogens is 192 g/mol. The van der Waals surface area contributed by atoms with Crippen molar-refractivity contribution >= 4 is 0 Å². The topological polar surface area (TPSA) is 38.5 Å². The van der Waals surface area contributed by atoms with Crippen molar-refractivity contribution in [2.75, 3.05) is 13.1 Å². The summed E-state index contributed by atoms with van der Waals surface area (Å²) >= 11 is 0. The number of aromatic nitrogens is 1. The third-order valence-electron chi connectivity index (χ3n) is 2.56. The Labute approximate surface area is 90.2 Å². The molecule has 15 heavy (non-hydrogen) atoms. The molecule has 0 amide bonds. The first kappa shape index (κ1) is 10.6. The van der Waals surface area contributed by atoms with Gasteiger partial charge in [0, 0.05) is 25.7 Å². The SMILES string of the molecule is Cc1cc(CN2C[C@H](C)O[C@@H](C)C2)no1. The molecule has 0 aliphatic carbocycles. The molecule has 2 rings (SSSR count). The van der Waals surface area contributed by atoms with E-state index in [1.54, 1.807) is 0 Å². The van der Waals surface area contributed by atoms with Crippen molar-refractivity contribution < 1.29 is 9.26 Å². The van der Waals surface area contributed by atoms with Crippen LogP contribution in [0.2, 0.25) is 0 Å². The molecule has 4 heteroatoms. The number of hydrogen-bond acceptors (Lipinski definition) is 4. The van der Waals surface area contributed by atoms with E-state index in [2.05, 4.69) is 23.9 Å². The molecule has 1 saturated heterocycles. The van der Waals surface area contributed by atoms with Gasteiger partial charge in [-0.15, -0.1) is 0 Å². The molecule has 4 nitrogen and oxygen atoms in total. The zero-order chi connectivity index (χ0) is 10.8. The van der Waals surface area contributed by atoms with Gasteiger partial charge in [-0.05, 0) is 20.8 Å². The maximum atomic E-state index is 5.67. The predicted molar refractivity (Wildman–Crippen MR) is 56.5 cm³/mol. The van der Waals surface area contributed by atoms with Gasteiger partial charge >= 0.3 is 0 Å². The number of aryl methyl sites for hydroxylation is 1. The lowest BCUT2D eigenvalue weighted by molar-refractivity contribution is -0.0709. The third kappa shape index (κ3) is 2.79. The number of nitrogens with zero attached hydrogens (tertiary/aromatic N) is 2. The van der Waals surface area contributed by atoms with Gasteiger partial charge in [-0.25, -0.2) is 0 Å². The summed E-state index contributed by atoms with van der Waals surface area (Å²) in [6, 6.07) is 1.99. The Morgan fingerprint density at radius 2 is 2.07 bits per heavy atom. The van der Waals surface area contributed by atoms with E-state index >= 15 is 0 Å². The fraction of sp³-hybridized carbons (Fsp3) is 0.727. The summed E-state index contributed by atoms with van der Waals surface area (Å²) < 4.78 is 10.7. The quantitative estimate of drug-likeness (QED) is 0.743. The van der Waals surface area contributed by atoms with Crippen LogP contribution in [0.3, 0.4) is 0 Å². The van der Waals surface area contributed by atoms with Gasteiger partial charge in [-0.2, -0.15) is 0 Å². The highest BCUT2D eigenvalue weighted by Gasteiger charge is 2.22. The van der Waals surface area contributed by atoms with Crippen molar-refractivity contribution in [3.8, 4) is 0 Å². The lowest BCUT2D eigenvalue weighted by Crippen LogP contribution is -2.44. The zero-order valence-corrected chi connectivity index (χ0v) is 9.56. The molecule has 0 spiro atoms. The van der Waals surface area contributed by atoms with Gasteiger partial charge < -0.3 is 9.26 Å². The van der Waals surface area contributed by atoms with Gasteiger partial charge in [0.15, 0.2) is 0 Å². The Bertz CT molecular complexity index is 314. The molecule has 0 saturated carbocycles. The van der Waals surface area contributed by atoms with Crippen LogP contribution in [0.15, 0.2) is 10.6 Å². The summed E-state index contributed by atoms with van der Waals surface area (Å²) in [6.07, 6.45) is 0.614. The lowest BCUT2D eigenvalue weighted by atomic mass is 10.2. The van der Waals surface area contributed by atoms with Crippen molar-refractivity contribution in [3.05, 3.63) is 17.5 Å². The molecule has 0 N–H and O–H groups in total. The zero-order valence-electron chi connectivity index (χ0n) is 9.56. The number of morpholine rings is 1. The lowest BCUT2D eigenvalue weighted by Gasteiger charge is -2.34. The van der Waals surface area contributed by atoms with Gasteiger partial charge in [0.05, 0.1) is 17.9 Å². The fourth-order valence-electron chi connectivity index (χ4n) is 2.14. The summed E-state index contributed by atoms with van der Waals surface area (Å²) in [7, 11) is 0. The van der Waals surface area contributed by atoms with Crippen LogP contribution in [0.5, 0.6) is 0 Å². The third-order valence-corrected chi connectivity index (χ3v) is 2.56. The number of hydrogen-bond donors (Lipinski definition) is 0. The van der Waals surface area contributed by atoms with E-state index in [4.69, 9.17) is 9.26 Å². The molecule has 1 aliphatic rings. The maximum absolute atomic E-state index is 5.67. The minimum atomic E-state index is 0.307. The first-order valence-electron chi connectivity index (χ1n) is 5.43. The number of rotatable bonds is 2. The van der Waals surface area contributed by atoms with Crippen LogP contribution < -0.4 is 0 Å². The highest BCUT2D eigenvalue weighted by atomic mass is 16.5. The Morgan fingerprint density at radius 1 is 1.40 bits per heavy atom. The molecule has 0 radical (unpaired) electrons. The Hall–Kier alpha value is -0.870. The molecule has 1 aromatic rings. The van der Waals surface area contributed by atoms with E-state index in [1.807, 2.05) is 13.0 Å². The monoisotopic (exact) mass is 210 g/mol. The molecule has 0 unspecified atom stereocenters. The van der Waals surface area contributed by atoms with Crippen LogP contribution >= 0.6 is 0 Å². The van der Waals surface area contributed by atoms with E-state index < -0.39 is 0 Å². The second-order valence-electron chi connectivity index (χ2n) is 4.38. The highest BCUT2D eigenvalue weighted by molar-refractivity contribution is 5.03. The highest BCUT2D eigenvalue weighted by Crippen LogP contribution is 2.13. The molecule has 0 bridgehead atoms. The first-order valence-corrected chi connectivity index (χ1v) is 5.43. The van der Waals surface area contributed by atoms with Crippen LogP contribution in [0.1, 0.15) is 25.3 Å². The van der Waals surface area contributed by atoms with E-state index in [1.165, 1.54) is 0 Å². The Balaban J connectivity index is 1.94. The van der Waals surface area contributed by atoms with Crippen LogP contribution in [0.4, 0.5) is 0 Å². The normalized spacial score (nSPS) is 28.2. The smallest absolute Gasteiger partial charge is 0.133 e.